The van der Waals surface area contributed by atoms with E-state index in [1.54, 1.807) is 23.6 Å². The van der Waals surface area contributed by atoms with E-state index in [0.29, 0.717) is 44.5 Å². The maximum absolute atomic E-state index is 13.0. The summed E-state index contributed by atoms with van der Waals surface area (Å²) < 4.78 is 14.1. The third-order valence-electron chi connectivity index (χ3n) is 5.93. The van der Waals surface area contributed by atoms with Crippen LogP contribution in [0.3, 0.4) is 0 Å². The van der Waals surface area contributed by atoms with Crippen molar-refractivity contribution in [1.29, 1.82) is 0 Å². The van der Waals surface area contributed by atoms with E-state index in [-0.39, 0.29) is 24.1 Å². The van der Waals surface area contributed by atoms with Crippen molar-refractivity contribution in [3.8, 4) is 0 Å². The monoisotopic (exact) mass is 488 g/mol. The Labute approximate surface area is 205 Å². The quantitative estimate of drug-likeness (QED) is 0.429. The number of amides is 3. The summed E-state index contributed by atoms with van der Waals surface area (Å²) in [4.78, 5) is 50.4. The second-order valence-corrected chi connectivity index (χ2v) is 9.93. The molecule has 0 bridgehead atoms. The molecule has 2 heterocycles. The number of hydrogen-bond donors (Lipinski definition) is 1. The maximum Gasteiger partial charge on any atom is 0.410 e. The van der Waals surface area contributed by atoms with Crippen molar-refractivity contribution in [2.75, 3.05) is 26.8 Å². The summed E-state index contributed by atoms with van der Waals surface area (Å²) in [6, 6.07) is 5.00. The van der Waals surface area contributed by atoms with Gasteiger partial charge in [-0.1, -0.05) is 12.1 Å². The predicted octanol–water partition coefficient (Wildman–Crippen LogP) is 2.52. The Morgan fingerprint density at radius 2 is 1.89 bits per heavy atom. The van der Waals surface area contributed by atoms with E-state index in [1.807, 2.05) is 39.0 Å². The SMILES string of the molecule is CN(CCCOCCCc1cccc2c1n(C)c(=O)n2C1CCC(=O)NC1=O)C(=O)OC(C)(C)C. The molecule has 2 aromatic rings. The molecule has 0 radical (unpaired) electrons. The lowest BCUT2D eigenvalue weighted by atomic mass is 10.0. The standard InChI is InChI=1S/C25H36N4O6/c1-25(2,3)35-24(33)27(4)14-8-16-34-15-7-10-17-9-6-11-18-21(17)28(5)23(32)29(18)19-12-13-20(30)26-22(19)31/h6,9,11,19H,7-8,10,12-16H2,1-5H3,(H,26,30,31). The van der Waals surface area contributed by atoms with Crippen molar-refractivity contribution in [2.45, 2.75) is 64.5 Å². The fraction of sp³-hybridized carbons (Fsp3) is 0.600. The molecule has 1 aromatic carbocycles. The molecule has 3 amide bonds. The Hall–Kier alpha value is -3.14. The van der Waals surface area contributed by atoms with Gasteiger partial charge in [0.25, 0.3) is 0 Å². The molecular formula is C25H36N4O6. The number of imidazole rings is 1. The molecule has 1 aromatic heterocycles. The first-order chi connectivity index (χ1) is 16.5. The Morgan fingerprint density at radius 3 is 2.57 bits per heavy atom. The second-order valence-electron chi connectivity index (χ2n) is 9.93. The van der Waals surface area contributed by atoms with Crippen molar-refractivity contribution < 1.29 is 23.9 Å². The van der Waals surface area contributed by atoms with E-state index in [4.69, 9.17) is 9.47 Å². The van der Waals surface area contributed by atoms with Gasteiger partial charge in [-0.15, -0.1) is 0 Å². The van der Waals surface area contributed by atoms with Gasteiger partial charge in [0, 0.05) is 40.3 Å². The van der Waals surface area contributed by atoms with Gasteiger partial charge in [-0.05, 0) is 58.1 Å². The molecule has 1 aliphatic heterocycles. The minimum absolute atomic E-state index is 0.212. The average Bonchev–Trinajstić information content (AvgIpc) is 3.02. The number of piperidine rings is 1. The Balaban J connectivity index is 1.54. The van der Waals surface area contributed by atoms with Gasteiger partial charge in [-0.3, -0.25) is 24.0 Å². The lowest BCUT2D eigenvalue weighted by molar-refractivity contribution is -0.135. The van der Waals surface area contributed by atoms with Crippen LogP contribution >= 0.6 is 0 Å². The number of aryl methyl sites for hydroxylation is 2. The number of carbonyl (C=O) groups is 3. The zero-order valence-electron chi connectivity index (χ0n) is 21.3. The molecule has 1 saturated heterocycles. The second kappa shape index (κ2) is 11.1. The van der Waals surface area contributed by atoms with Gasteiger partial charge in [0.1, 0.15) is 11.6 Å². The fourth-order valence-corrected chi connectivity index (χ4v) is 4.25. The van der Waals surface area contributed by atoms with Crippen LogP contribution in [0.25, 0.3) is 11.0 Å². The fourth-order valence-electron chi connectivity index (χ4n) is 4.25. The summed E-state index contributed by atoms with van der Waals surface area (Å²) in [6.45, 7) is 7.14. The summed E-state index contributed by atoms with van der Waals surface area (Å²) in [5, 5.41) is 2.33. The molecule has 0 spiro atoms. The number of rotatable bonds is 9. The van der Waals surface area contributed by atoms with Crippen LogP contribution in [0.2, 0.25) is 0 Å². The maximum atomic E-state index is 13.0. The van der Waals surface area contributed by atoms with Crippen LogP contribution in [0.1, 0.15) is 58.1 Å². The molecule has 192 valence electrons. The summed E-state index contributed by atoms with van der Waals surface area (Å²) in [6.07, 6.45) is 2.35. The number of nitrogens with one attached hydrogen (secondary N) is 1. The van der Waals surface area contributed by atoms with Crippen LogP contribution in [0.15, 0.2) is 23.0 Å². The molecule has 1 N–H and O–H groups in total. The summed E-state index contributed by atoms with van der Waals surface area (Å²) in [7, 11) is 3.41. The van der Waals surface area contributed by atoms with Gasteiger partial charge in [0.05, 0.1) is 11.0 Å². The highest BCUT2D eigenvalue weighted by molar-refractivity contribution is 6.00. The third kappa shape index (κ3) is 6.50. The van der Waals surface area contributed by atoms with Gasteiger partial charge in [0.15, 0.2) is 0 Å². The van der Waals surface area contributed by atoms with Crippen LogP contribution in [0.4, 0.5) is 4.79 Å². The zero-order chi connectivity index (χ0) is 25.8. The number of imide groups is 1. The minimum atomic E-state index is -0.693. The van der Waals surface area contributed by atoms with Gasteiger partial charge < -0.3 is 14.4 Å². The summed E-state index contributed by atoms with van der Waals surface area (Å²) in [5.41, 5.74) is 1.70. The highest BCUT2D eigenvalue weighted by atomic mass is 16.6. The topological polar surface area (TPSA) is 112 Å². The third-order valence-corrected chi connectivity index (χ3v) is 5.93. The zero-order valence-corrected chi connectivity index (χ0v) is 21.3. The smallest absolute Gasteiger partial charge is 0.410 e. The lowest BCUT2D eigenvalue weighted by Crippen LogP contribution is -2.44. The van der Waals surface area contributed by atoms with E-state index in [9.17, 15) is 19.2 Å². The molecule has 1 atom stereocenters. The first-order valence-corrected chi connectivity index (χ1v) is 12.0. The van der Waals surface area contributed by atoms with Crippen LogP contribution in [-0.4, -0.2) is 64.3 Å². The molecule has 10 nitrogen and oxygen atoms in total. The molecule has 0 saturated carbocycles. The molecular weight excluding hydrogens is 452 g/mol. The lowest BCUT2D eigenvalue weighted by Gasteiger charge is -2.24. The Morgan fingerprint density at radius 1 is 1.17 bits per heavy atom. The molecule has 1 fully saturated rings. The molecule has 35 heavy (non-hydrogen) atoms. The van der Waals surface area contributed by atoms with Gasteiger partial charge in [0.2, 0.25) is 11.8 Å². The van der Waals surface area contributed by atoms with Crippen LogP contribution in [0.5, 0.6) is 0 Å². The number of fused-ring (bicyclic) bond motifs is 1. The van der Waals surface area contributed by atoms with Crippen LogP contribution < -0.4 is 11.0 Å². The highest BCUT2D eigenvalue weighted by Gasteiger charge is 2.31. The molecule has 1 unspecified atom stereocenters. The summed E-state index contributed by atoms with van der Waals surface area (Å²) >= 11 is 0. The van der Waals surface area contributed by atoms with Crippen molar-refractivity contribution in [3.05, 3.63) is 34.2 Å². The minimum Gasteiger partial charge on any atom is -0.444 e. The molecule has 10 heteroatoms. The van der Waals surface area contributed by atoms with E-state index < -0.39 is 17.6 Å². The summed E-state index contributed by atoms with van der Waals surface area (Å²) in [5.74, 6) is -0.747. The van der Waals surface area contributed by atoms with Crippen molar-refractivity contribution in [2.24, 2.45) is 7.05 Å². The van der Waals surface area contributed by atoms with Crippen molar-refractivity contribution in [3.63, 3.8) is 0 Å². The number of para-hydroxylation sites is 1. The van der Waals surface area contributed by atoms with Gasteiger partial charge in [-0.25, -0.2) is 9.59 Å². The van der Waals surface area contributed by atoms with E-state index in [2.05, 4.69) is 5.32 Å². The first kappa shape index (κ1) is 26.5. The van der Waals surface area contributed by atoms with Gasteiger partial charge in [-0.2, -0.15) is 0 Å². The molecule has 0 aliphatic carbocycles. The first-order valence-electron chi connectivity index (χ1n) is 12.0. The number of carbonyl (C=O) groups excluding carboxylic acids is 3. The Kier molecular flexibility index (Phi) is 8.37. The number of nitrogens with zero attached hydrogens (tertiary/aromatic N) is 3. The largest absolute Gasteiger partial charge is 0.444 e. The molecule has 1 aliphatic rings. The van der Waals surface area contributed by atoms with Gasteiger partial charge >= 0.3 is 11.8 Å². The van der Waals surface area contributed by atoms with Crippen LogP contribution in [-0.2, 0) is 32.5 Å². The number of benzene rings is 1. The van der Waals surface area contributed by atoms with Crippen LogP contribution in [0, 0.1) is 0 Å². The molecule has 3 rings (SSSR count). The van der Waals surface area contributed by atoms with Crippen molar-refractivity contribution >= 4 is 28.9 Å². The van der Waals surface area contributed by atoms with Crippen molar-refractivity contribution in [1.82, 2.24) is 19.4 Å². The number of aromatic nitrogens is 2. The van der Waals surface area contributed by atoms with E-state index >= 15 is 0 Å². The number of hydrogen-bond acceptors (Lipinski definition) is 6. The highest BCUT2D eigenvalue weighted by Crippen LogP contribution is 2.25. The predicted molar refractivity (Wildman–Crippen MR) is 131 cm³/mol. The number of ether oxygens (including phenoxy) is 2. The Bertz CT molecular complexity index is 1140. The normalized spacial score (nSPS) is 16.4. The van der Waals surface area contributed by atoms with E-state index in [1.165, 1.54) is 4.57 Å². The van der Waals surface area contributed by atoms with E-state index in [0.717, 1.165) is 17.5 Å². The average molecular weight is 489 g/mol.